The molecule has 4 aromatic heterocycles. The molecule has 0 saturated carbocycles. The Morgan fingerprint density at radius 3 is 1.93 bits per heavy atom. The van der Waals surface area contributed by atoms with Gasteiger partial charge in [-0.05, 0) is 12.1 Å². The highest BCUT2D eigenvalue weighted by Gasteiger charge is 2.24. The van der Waals surface area contributed by atoms with E-state index in [1.807, 2.05) is 77.5 Å². The van der Waals surface area contributed by atoms with Gasteiger partial charge >= 0.3 is 0 Å². The summed E-state index contributed by atoms with van der Waals surface area (Å²) in [7, 11) is 0. The minimum Gasteiger partial charge on any atom is -0.276 e. The summed E-state index contributed by atoms with van der Waals surface area (Å²) in [6.45, 7) is 0. The fourth-order valence-corrected chi connectivity index (χ4v) is 7.94. The van der Waals surface area contributed by atoms with Crippen molar-refractivity contribution in [1.29, 1.82) is 0 Å². The van der Waals surface area contributed by atoms with E-state index < -0.39 is 0 Å². The van der Waals surface area contributed by atoms with Gasteiger partial charge < -0.3 is 0 Å². The summed E-state index contributed by atoms with van der Waals surface area (Å²) in [5.74, 6) is 1.89. The molecule has 0 aliphatic rings. The van der Waals surface area contributed by atoms with Crippen LogP contribution < -0.4 is 0 Å². The second-order valence-electron chi connectivity index (χ2n) is 9.92. The molecule has 0 spiro atoms. The van der Waals surface area contributed by atoms with E-state index in [0.29, 0.717) is 17.6 Å². The number of fused-ring (bicyclic) bond motifs is 10. The fraction of sp³-hybridized carbons (Fsp3) is 0. The normalized spacial score (nSPS) is 11.9. The first kappa shape index (κ1) is 22.8. The molecule has 4 heterocycles. The third-order valence-corrected chi connectivity index (χ3v) is 9.63. The van der Waals surface area contributed by atoms with Crippen LogP contribution in [0, 0.1) is 0 Å². The monoisotopic (exact) mass is 561 g/mol. The van der Waals surface area contributed by atoms with Gasteiger partial charge in [0.05, 0.1) is 31.5 Å². The third-order valence-electron chi connectivity index (χ3n) is 7.60. The molecule has 0 fully saturated rings. The van der Waals surface area contributed by atoms with Crippen molar-refractivity contribution in [3.63, 3.8) is 0 Å². The van der Waals surface area contributed by atoms with Gasteiger partial charge in [0, 0.05) is 37.4 Å². The van der Waals surface area contributed by atoms with Crippen LogP contribution in [0.4, 0.5) is 0 Å². The average Bonchev–Trinajstić information content (AvgIpc) is 3.75. The minimum absolute atomic E-state index is 0.603. The van der Waals surface area contributed by atoms with Crippen molar-refractivity contribution in [3.05, 3.63) is 115 Å². The Kier molecular flexibility index (Phi) is 4.87. The smallest absolute Gasteiger partial charge is 0.238 e. The summed E-state index contributed by atoms with van der Waals surface area (Å²) in [5.41, 5.74) is 7.10. The number of aromatic nitrogens is 5. The highest BCUT2D eigenvalue weighted by molar-refractivity contribution is 7.27. The van der Waals surface area contributed by atoms with Gasteiger partial charge in [0.15, 0.2) is 11.6 Å². The molecule has 0 bridgehead atoms. The predicted molar refractivity (Wildman–Crippen MR) is 171 cm³/mol. The van der Waals surface area contributed by atoms with Gasteiger partial charge in [-0.1, -0.05) is 97.1 Å². The van der Waals surface area contributed by atoms with Crippen LogP contribution in [-0.4, -0.2) is 24.5 Å². The van der Waals surface area contributed by atoms with Gasteiger partial charge in [-0.3, -0.25) is 4.57 Å². The number of rotatable bonds is 3. The maximum absolute atomic E-state index is 5.13. The maximum Gasteiger partial charge on any atom is 0.238 e. The van der Waals surface area contributed by atoms with E-state index in [9.17, 15) is 0 Å². The van der Waals surface area contributed by atoms with Crippen LogP contribution >= 0.6 is 22.7 Å². The maximum atomic E-state index is 5.13. The highest BCUT2D eigenvalue weighted by Crippen LogP contribution is 2.48. The van der Waals surface area contributed by atoms with Crippen molar-refractivity contribution in [2.75, 3.05) is 0 Å². The molecule has 0 amide bonds. The van der Waals surface area contributed by atoms with Gasteiger partial charge in [-0.2, -0.15) is 9.97 Å². The van der Waals surface area contributed by atoms with Crippen molar-refractivity contribution in [3.8, 4) is 28.7 Å². The fourth-order valence-electron chi connectivity index (χ4n) is 5.84. The molecule has 0 N–H and O–H groups in total. The molecule has 0 aliphatic carbocycles. The summed E-state index contributed by atoms with van der Waals surface area (Å²) >= 11 is 3.50. The second kappa shape index (κ2) is 8.76. The molecule has 0 atom stereocenters. The van der Waals surface area contributed by atoms with Crippen LogP contribution in [0.15, 0.2) is 115 Å². The number of hydrogen-bond donors (Lipinski definition) is 0. The van der Waals surface area contributed by atoms with E-state index in [-0.39, 0.29) is 0 Å². The second-order valence-corrected chi connectivity index (χ2v) is 11.8. The molecule has 5 aromatic carbocycles. The lowest BCUT2D eigenvalue weighted by molar-refractivity contribution is 0.955. The zero-order valence-corrected chi connectivity index (χ0v) is 23.2. The molecule has 5 nitrogen and oxygen atoms in total. The molecule has 41 heavy (non-hydrogen) atoms. The lowest BCUT2D eigenvalue weighted by atomic mass is 10.1. The lowest BCUT2D eigenvalue weighted by Gasteiger charge is -2.11. The number of benzene rings is 5. The highest BCUT2D eigenvalue weighted by atomic mass is 32.1. The van der Waals surface area contributed by atoms with E-state index in [1.54, 1.807) is 11.3 Å². The first-order chi connectivity index (χ1) is 20.3. The van der Waals surface area contributed by atoms with Gasteiger partial charge in [0.1, 0.15) is 0 Å². The van der Waals surface area contributed by atoms with E-state index in [1.165, 1.54) is 35.6 Å². The number of thiazole rings is 1. The topological polar surface area (TPSA) is 56.5 Å². The first-order valence-electron chi connectivity index (χ1n) is 13.3. The summed E-state index contributed by atoms with van der Waals surface area (Å²) < 4.78 is 5.86. The lowest BCUT2D eigenvalue weighted by Crippen LogP contribution is -2.06. The Labute approximate surface area is 242 Å². The zero-order valence-electron chi connectivity index (χ0n) is 21.5. The van der Waals surface area contributed by atoms with Crippen molar-refractivity contribution in [2.45, 2.75) is 0 Å². The molecule has 0 aliphatic heterocycles. The Bertz CT molecular complexity index is 2360. The largest absolute Gasteiger partial charge is 0.276 e. The molecule has 0 saturated heterocycles. The summed E-state index contributed by atoms with van der Waals surface area (Å²) in [6, 6.07) is 37.4. The van der Waals surface area contributed by atoms with Crippen molar-refractivity contribution >= 4 is 74.9 Å². The number of thiophene rings is 1. The first-order valence-corrected chi connectivity index (χ1v) is 15.0. The number of hydrogen-bond acceptors (Lipinski definition) is 6. The Balaban J connectivity index is 1.49. The standard InChI is InChI=1S/C34H19N5S2/c1-3-11-20(12-4-1)32-36-33(21-13-5-2-6-14-21)38-34(37-32)39-24-17-9-7-15-22(24)27-29(39)31-26(28-30(27)40-19-35-28)23-16-8-10-18-25(23)41-31/h1-19H. The van der Waals surface area contributed by atoms with Gasteiger partial charge in [0.2, 0.25) is 5.95 Å². The quantitative estimate of drug-likeness (QED) is 0.216. The zero-order chi connectivity index (χ0) is 26.9. The van der Waals surface area contributed by atoms with Gasteiger partial charge in [-0.25, -0.2) is 9.97 Å². The SMILES string of the molecule is c1ccc(-c2nc(-c3ccccc3)nc(-n3c4ccccc4c4c5scnc5c5c6ccccc6sc5c43)n2)cc1. The van der Waals surface area contributed by atoms with Crippen molar-refractivity contribution in [1.82, 2.24) is 24.5 Å². The molecule has 0 radical (unpaired) electrons. The molecule has 0 unspecified atom stereocenters. The Morgan fingerprint density at radius 1 is 0.561 bits per heavy atom. The summed E-state index contributed by atoms with van der Waals surface area (Å²) in [4.78, 5) is 20.1. The van der Waals surface area contributed by atoms with E-state index in [4.69, 9.17) is 19.9 Å². The van der Waals surface area contributed by atoms with Crippen LogP contribution in [0.25, 0.3) is 80.9 Å². The molecular weight excluding hydrogens is 543 g/mol. The van der Waals surface area contributed by atoms with Crippen molar-refractivity contribution in [2.24, 2.45) is 0 Å². The summed E-state index contributed by atoms with van der Waals surface area (Å²) in [6.07, 6.45) is 0. The number of nitrogens with zero attached hydrogens (tertiary/aromatic N) is 5. The average molecular weight is 562 g/mol. The van der Waals surface area contributed by atoms with E-state index >= 15 is 0 Å². The van der Waals surface area contributed by atoms with Crippen LogP contribution in [-0.2, 0) is 0 Å². The van der Waals surface area contributed by atoms with E-state index in [2.05, 4.69) is 53.1 Å². The third kappa shape index (κ3) is 3.33. The van der Waals surface area contributed by atoms with Gasteiger partial charge in [-0.15, -0.1) is 22.7 Å². The van der Waals surface area contributed by atoms with Crippen LogP contribution in [0.1, 0.15) is 0 Å². The molecule has 9 rings (SSSR count). The molecule has 192 valence electrons. The molecule has 7 heteroatoms. The van der Waals surface area contributed by atoms with Crippen LogP contribution in [0.3, 0.4) is 0 Å². The summed E-state index contributed by atoms with van der Waals surface area (Å²) in [5, 5.41) is 4.78. The van der Waals surface area contributed by atoms with Crippen molar-refractivity contribution < 1.29 is 0 Å². The Morgan fingerprint density at radius 2 is 1.20 bits per heavy atom. The molecular formula is C34H19N5S2. The Hall–Kier alpha value is -4.98. The molecule has 9 aromatic rings. The van der Waals surface area contributed by atoms with E-state index in [0.717, 1.165) is 27.7 Å². The number of para-hydroxylation sites is 1. The van der Waals surface area contributed by atoms with Crippen LogP contribution in [0.5, 0.6) is 0 Å². The van der Waals surface area contributed by atoms with Gasteiger partial charge in [0.25, 0.3) is 0 Å². The van der Waals surface area contributed by atoms with Crippen LogP contribution in [0.2, 0.25) is 0 Å². The minimum atomic E-state index is 0.603. The predicted octanol–water partition coefficient (Wildman–Crippen LogP) is 9.28.